The summed E-state index contributed by atoms with van der Waals surface area (Å²) in [5.41, 5.74) is 8.73. The Labute approximate surface area is 122 Å². The Balaban J connectivity index is 2.52. The Bertz CT molecular complexity index is 573. The lowest BCUT2D eigenvalue weighted by molar-refractivity contribution is 0.630. The number of halogens is 1. The zero-order valence-corrected chi connectivity index (χ0v) is 13.0. The van der Waals surface area contributed by atoms with Gasteiger partial charge in [0.15, 0.2) is 0 Å². The summed E-state index contributed by atoms with van der Waals surface area (Å²) in [5, 5.41) is 0. The maximum atomic E-state index is 5.75. The fourth-order valence-electron chi connectivity index (χ4n) is 2.29. The average molecular weight is 320 g/mol. The highest BCUT2D eigenvalue weighted by Gasteiger charge is 2.16. The van der Waals surface area contributed by atoms with Crippen molar-refractivity contribution < 1.29 is 0 Å². The molecule has 0 aliphatic heterocycles. The van der Waals surface area contributed by atoms with Crippen LogP contribution in [-0.4, -0.2) is 4.98 Å². The first kappa shape index (κ1) is 14.2. The lowest BCUT2D eigenvalue weighted by atomic mass is 9.95. The third-order valence-electron chi connectivity index (χ3n) is 3.35. The van der Waals surface area contributed by atoms with E-state index in [2.05, 4.69) is 59.2 Å². The monoisotopic (exact) mass is 319 g/mol. The van der Waals surface area contributed by atoms with Gasteiger partial charge in [-0.15, -0.1) is 0 Å². The molecule has 2 rings (SSSR count). The van der Waals surface area contributed by atoms with Gasteiger partial charge in [-0.25, -0.2) is 5.43 Å². The number of hydrogen-bond donors (Lipinski definition) is 2. The molecule has 0 saturated heterocycles. The van der Waals surface area contributed by atoms with Gasteiger partial charge < -0.3 is 0 Å². The van der Waals surface area contributed by atoms with Crippen molar-refractivity contribution in [3.8, 4) is 0 Å². The third kappa shape index (κ3) is 2.86. The summed E-state index contributed by atoms with van der Waals surface area (Å²) in [4.78, 5) is 4.20. The van der Waals surface area contributed by atoms with Crippen LogP contribution in [0, 0.1) is 20.8 Å². The molecular formula is C15H18BrN3. The van der Waals surface area contributed by atoms with Crippen LogP contribution in [-0.2, 0) is 0 Å². The Morgan fingerprint density at radius 2 is 1.79 bits per heavy atom. The highest BCUT2D eigenvalue weighted by Crippen LogP contribution is 2.29. The summed E-state index contributed by atoms with van der Waals surface area (Å²) >= 11 is 3.59. The van der Waals surface area contributed by atoms with Crippen molar-refractivity contribution in [2.24, 2.45) is 5.84 Å². The van der Waals surface area contributed by atoms with Crippen molar-refractivity contribution in [2.75, 3.05) is 0 Å². The van der Waals surface area contributed by atoms with Gasteiger partial charge in [-0.3, -0.25) is 10.8 Å². The minimum absolute atomic E-state index is 0.0424. The number of nitrogens with one attached hydrogen (secondary N) is 1. The van der Waals surface area contributed by atoms with E-state index in [0.717, 1.165) is 15.6 Å². The molecule has 100 valence electrons. The molecule has 0 amide bonds. The van der Waals surface area contributed by atoms with E-state index in [1.165, 1.54) is 16.7 Å². The van der Waals surface area contributed by atoms with E-state index < -0.39 is 0 Å². The van der Waals surface area contributed by atoms with Gasteiger partial charge in [-0.05, 0) is 54.7 Å². The summed E-state index contributed by atoms with van der Waals surface area (Å²) in [5.74, 6) is 5.75. The Hall–Kier alpha value is -1.23. The number of nitrogens with zero attached hydrogens (tertiary/aromatic N) is 1. The van der Waals surface area contributed by atoms with Gasteiger partial charge in [0, 0.05) is 16.9 Å². The molecule has 0 saturated carbocycles. The smallest absolute Gasteiger partial charge is 0.0727 e. The van der Waals surface area contributed by atoms with Crippen LogP contribution < -0.4 is 11.3 Å². The van der Waals surface area contributed by atoms with Crippen molar-refractivity contribution in [3.05, 3.63) is 62.9 Å². The number of hydrazine groups is 1. The van der Waals surface area contributed by atoms with Gasteiger partial charge in [0.25, 0.3) is 0 Å². The molecule has 0 fully saturated rings. The number of rotatable bonds is 3. The SMILES string of the molecule is Cc1ccncc1C(NN)c1cc(C)c(Br)c(C)c1. The molecule has 1 heterocycles. The molecule has 1 atom stereocenters. The van der Waals surface area contributed by atoms with Gasteiger partial charge in [-0.2, -0.15) is 0 Å². The first-order chi connectivity index (χ1) is 9.04. The molecule has 4 heteroatoms. The number of aryl methyl sites for hydroxylation is 3. The highest BCUT2D eigenvalue weighted by molar-refractivity contribution is 9.10. The van der Waals surface area contributed by atoms with Gasteiger partial charge in [0.1, 0.15) is 0 Å². The van der Waals surface area contributed by atoms with E-state index in [-0.39, 0.29) is 6.04 Å². The third-order valence-corrected chi connectivity index (χ3v) is 4.60. The summed E-state index contributed by atoms with van der Waals surface area (Å²) in [7, 11) is 0. The first-order valence-corrected chi connectivity index (χ1v) is 6.97. The van der Waals surface area contributed by atoms with E-state index in [1.54, 1.807) is 6.20 Å². The summed E-state index contributed by atoms with van der Waals surface area (Å²) in [6.45, 7) is 6.24. The fraction of sp³-hybridized carbons (Fsp3) is 0.267. The molecule has 3 N–H and O–H groups in total. The molecule has 0 aliphatic carbocycles. The van der Waals surface area contributed by atoms with Crippen LogP contribution in [0.1, 0.15) is 33.9 Å². The van der Waals surface area contributed by atoms with E-state index in [9.17, 15) is 0 Å². The number of hydrogen-bond acceptors (Lipinski definition) is 3. The standard InChI is InChI=1S/C15H18BrN3/c1-9-4-5-18-8-13(9)15(19-17)12-6-10(2)14(16)11(3)7-12/h4-8,15,19H,17H2,1-3H3. The van der Waals surface area contributed by atoms with Crippen molar-refractivity contribution in [3.63, 3.8) is 0 Å². The van der Waals surface area contributed by atoms with Crippen LogP contribution in [0.15, 0.2) is 35.1 Å². The summed E-state index contributed by atoms with van der Waals surface area (Å²) < 4.78 is 1.15. The van der Waals surface area contributed by atoms with Crippen LogP contribution in [0.3, 0.4) is 0 Å². The molecule has 0 spiro atoms. The van der Waals surface area contributed by atoms with Gasteiger partial charge in [0.05, 0.1) is 6.04 Å². The highest BCUT2D eigenvalue weighted by atomic mass is 79.9. The maximum absolute atomic E-state index is 5.75. The summed E-state index contributed by atoms with van der Waals surface area (Å²) in [6.07, 6.45) is 3.66. The van der Waals surface area contributed by atoms with Crippen molar-refractivity contribution >= 4 is 15.9 Å². The Kier molecular flexibility index (Phi) is 4.34. The quantitative estimate of drug-likeness (QED) is 0.674. The second kappa shape index (κ2) is 5.82. The fourth-order valence-corrected chi connectivity index (χ4v) is 2.52. The topological polar surface area (TPSA) is 50.9 Å². The molecule has 0 radical (unpaired) electrons. The molecule has 1 unspecified atom stereocenters. The minimum Gasteiger partial charge on any atom is -0.271 e. The van der Waals surface area contributed by atoms with Crippen molar-refractivity contribution in [1.82, 2.24) is 10.4 Å². The van der Waals surface area contributed by atoms with Crippen LogP contribution in [0.2, 0.25) is 0 Å². The second-order valence-electron chi connectivity index (χ2n) is 4.80. The molecular weight excluding hydrogens is 302 g/mol. The zero-order valence-electron chi connectivity index (χ0n) is 11.4. The van der Waals surface area contributed by atoms with Crippen molar-refractivity contribution in [1.29, 1.82) is 0 Å². The van der Waals surface area contributed by atoms with Gasteiger partial charge >= 0.3 is 0 Å². The number of nitrogens with two attached hydrogens (primary N) is 1. The minimum atomic E-state index is -0.0424. The molecule has 1 aromatic carbocycles. The first-order valence-electron chi connectivity index (χ1n) is 6.18. The Morgan fingerprint density at radius 3 is 2.32 bits per heavy atom. The predicted molar refractivity (Wildman–Crippen MR) is 81.8 cm³/mol. The Morgan fingerprint density at radius 1 is 1.16 bits per heavy atom. The molecule has 1 aromatic heterocycles. The molecule has 3 nitrogen and oxygen atoms in total. The van der Waals surface area contributed by atoms with Crippen molar-refractivity contribution in [2.45, 2.75) is 26.8 Å². The number of benzene rings is 1. The average Bonchev–Trinajstić information content (AvgIpc) is 2.39. The van der Waals surface area contributed by atoms with Crippen LogP contribution >= 0.6 is 15.9 Å². The lowest BCUT2D eigenvalue weighted by Crippen LogP contribution is -2.29. The maximum Gasteiger partial charge on any atom is 0.0727 e. The molecule has 0 bridgehead atoms. The predicted octanol–water partition coefficient (Wildman–Crippen LogP) is 3.32. The molecule has 19 heavy (non-hydrogen) atoms. The van der Waals surface area contributed by atoms with E-state index >= 15 is 0 Å². The van der Waals surface area contributed by atoms with Gasteiger partial charge in [-0.1, -0.05) is 28.1 Å². The van der Waals surface area contributed by atoms with E-state index in [0.29, 0.717) is 0 Å². The molecule has 2 aromatic rings. The van der Waals surface area contributed by atoms with Gasteiger partial charge in [0.2, 0.25) is 0 Å². The van der Waals surface area contributed by atoms with Crippen LogP contribution in [0.25, 0.3) is 0 Å². The molecule has 0 aliphatic rings. The number of aromatic nitrogens is 1. The number of pyridine rings is 1. The zero-order chi connectivity index (χ0) is 14.0. The summed E-state index contributed by atoms with van der Waals surface area (Å²) in [6, 6.07) is 6.25. The largest absolute Gasteiger partial charge is 0.271 e. The normalized spacial score (nSPS) is 12.5. The van der Waals surface area contributed by atoms with Crippen LogP contribution in [0.4, 0.5) is 0 Å². The van der Waals surface area contributed by atoms with E-state index in [4.69, 9.17) is 5.84 Å². The van der Waals surface area contributed by atoms with Crippen LogP contribution in [0.5, 0.6) is 0 Å². The second-order valence-corrected chi connectivity index (χ2v) is 5.59. The lowest BCUT2D eigenvalue weighted by Gasteiger charge is -2.20. The van der Waals surface area contributed by atoms with E-state index in [1.807, 2.05) is 12.3 Å².